The summed E-state index contributed by atoms with van der Waals surface area (Å²) in [4.78, 5) is 23.8. The minimum atomic E-state index is -0.945. The first-order valence-corrected chi connectivity index (χ1v) is 10.4. The molecule has 2 unspecified atom stereocenters. The van der Waals surface area contributed by atoms with Crippen LogP contribution in [0.2, 0.25) is 15.3 Å². The Labute approximate surface area is 153 Å². The van der Waals surface area contributed by atoms with E-state index in [-0.39, 0.29) is 10.7 Å². The molecule has 0 amide bonds. The molecule has 0 N–H and O–H groups in total. The van der Waals surface area contributed by atoms with Crippen molar-refractivity contribution in [2.75, 3.05) is 7.11 Å². The van der Waals surface area contributed by atoms with Crippen LogP contribution < -0.4 is 0 Å². The number of ether oxygens (including phenoxy) is 2. The third-order valence-corrected chi connectivity index (χ3v) is 5.62. The molecule has 1 aromatic rings. The predicted molar refractivity (Wildman–Crippen MR) is 94.0 cm³/mol. The average Bonchev–Trinajstić information content (AvgIpc) is 2.44. The SMILES string of the molecule is COC(=O)C(CC[AsH]C(=O)OC(C)(C)C)c1ccc(Cl)c(Cl)c1. The molecular weight excluding hydrogens is 402 g/mol. The molecule has 0 spiro atoms. The number of esters is 1. The number of halogens is 2. The normalized spacial score (nSPS) is 13.1. The Morgan fingerprint density at radius 2 is 1.87 bits per heavy atom. The topological polar surface area (TPSA) is 52.6 Å². The Morgan fingerprint density at radius 1 is 1.22 bits per heavy atom. The molecule has 0 bridgehead atoms. The zero-order chi connectivity index (χ0) is 17.6. The molecular formula is C16H21AsCl2O4. The fourth-order valence-electron chi connectivity index (χ4n) is 1.92. The Balaban J connectivity index is 2.71. The van der Waals surface area contributed by atoms with E-state index >= 15 is 0 Å². The van der Waals surface area contributed by atoms with Gasteiger partial charge in [0.25, 0.3) is 0 Å². The molecule has 0 aromatic heterocycles. The third kappa shape index (κ3) is 7.15. The molecule has 2 atom stereocenters. The van der Waals surface area contributed by atoms with Crippen molar-refractivity contribution in [3.63, 3.8) is 0 Å². The maximum atomic E-state index is 12.0. The van der Waals surface area contributed by atoms with Gasteiger partial charge in [0, 0.05) is 0 Å². The molecule has 0 aliphatic carbocycles. The second-order valence-electron chi connectivity index (χ2n) is 5.97. The van der Waals surface area contributed by atoms with E-state index in [4.69, 9.17) is 32.7 Å². The summed E-state index contributed by atoms with van der Waals surface area (Å²) in [7, 11) is 1.34. The number of rotatable bonds is 6. The van der Waals surface area contributed by atoms with Crippen LogP contribution in [-0.4, -0.2) is 39.2 Å². The number of carbonyl (C=O) groups excluding carboxylic acids is 2. The van der Waals surface area contributed by atoms with E-state index in [0.717, 1.165) is 5.56 Å². The molecule has 1 rings (SSSR count). The van der Waals surface area contributed by atoms with E-state index in [1.54, 1.807) is 18.2 Å². The summed E-state index contributed by atoms with van der Waals surface area (Å²) in [6, 6.07) is 5.07. The van der Waals surface area contributed by atoms with Crippen molar-refractivity contribution in [2.45, 2.75) is 43.9 Å². The minimum absolute atomic E-state index is 0.157. The quantitative estimate of drug-likeness (QED) is 0.502. The van der Waals surface area contributed by atoms with E-state index in [1.165, 1.54) is 7.11 Å². The van der Waals surface area contributed by atoms with Gasteiger partial charge in [-0.2, -0.15) is 0 Å². The van der Waals surface area contributed by atoms with E-state index in [2.05, 4.69) is 0 Å². The van der Waals surface area contributed by atoms with Crippen molar-refractivity contribution in [3.8, 4) is 0 Å². The van der Waals surface area contributed by atoms with Gasteiger partial charge in [-0.05, 0) is 0 Å². The van der Waals surface area contributed by atoms with Crippen molar-refractivity contribution in [1.29, 1.82) is 0 Å². The second-order valence-corrected chi connectivity index (χ2v) is 9.43. The third-order valence-electron chi connectivity index (χ3n) is 2.93. The van der Waals surface area contributed by atoms with E-state index in [9.17, 15) is 9.59 Å². The summed E-state index contributed by atoms with van der Waals surface area (Å²) in [5.41, 5.74) is 0.258. The Morgan fingerprint density at radius 3 is 2.39 bits per heavy atom. The Hall–Kier alpha value is -0.702. The number of hydrogen-bond acceptors (Lipinski definition) is 4. The molecule has 0 saturated carbocycles. The van der Waals surface area contributed by atoms with Crippen LogP contribution in [0.3, 0.4) is 0 Å². The molecule has 7 heteroatoms. The number of carbonyl (C=O) groups is 2. The van der Waals surface area contributed by atoms with Crippen LogP contribution in [0.4, 0.5) is 4.79 Å². The summed E-state index contributed by atoms with van der Waals surface area (Å²) in [5.74, 6) is -0.805. The molecule has 0 heterocycles. The fourth-order valence-corrected chi connectivity index (χ4v) is 4.36. The summed E-state index contributed by atoms with van der Waals surface area (Å²) in [6.45, 7) is 5.51. The fraction of sp³-hybridized carbons (Fsp3) is 0.500. The average molecular weight is 423 g/mol. The predicted octanol–water partition coefficient (Wildman–Crippen LogP) is 4.43. The van der Waals surface area contributed by atoms with Gasteiger partial charge in [0.05, 0.1) is 0 Å². The molecule has 4 nitrogen and oxygen atoms in total. The number of hydrogen-bond donors (Lipinski definition) is 0. The molecule has 23 heavy (non-hydrogen) atoms. The molecule has 1 aromatic carbocycles. The Bertz CT molecular complexity index is 570. The zero-order valence-corrected chi connectivity index (χ0v) is 17.2. The van der Waals surface area contributed by atoms with Crippen molar-refractivity contribution in [2.24, 2.45) is 0 Å². The number of benzene rings is 1. The van der Waals surface area contributed by atoms with Crippen molar-refractivity contribution >= 4 is 49.7 Å². The van der Waals surface area contributed by atoms with Gasteiger partial charge >= 0.3 is 154 Å². The molecule has 0 aliphatic heterocycles. The first-order valence-electron chi connectivity index (χ1n) is 7.13. The zero-order valence-electron chi connectivity index (χ0n) is 13.6. The summed E-state index contributed by atoms with van der Waals surface area (Å²) >= 11 is 11.0. The maximum absolute atomic E-state index is 12.0. The van der Waals surface area contributed by atoms with Crippen molar-refractivity contribution < 1.29 is 19.1 Å². The summed E-state index contributed by atoms with van der Waals surface area (Å²) in [5, 5.41) is 1.46. The van der Waals surface area contributed by atoms with Gasteiger partial charge < -0.3 is 0 Å². The van der Waals surface area contributed by atoms with E-state index in [0.29, 0.717) is 21.7 Å². The van der Waals surface area contributed by atoms with Crippen LogP contribution in [0.1, 0.15) is 38.7 Å². The standard InChI is InChI=1S/C16H21AsCl2O4/c1-16(2,3)23-15(21)17-8-7-11(14(20)22-4)10-5-6-12(18)13(19)9-10/h5-6,9,11,17H,7-8H2,1-4H3. The summed E-state index contributed by atoms with van der Waals surface area (Å²) < 4.78 is 10.0. The van der Waals surface area contributed by atoms with Gasteiger partial charge in [-0.25, -0.2) is 0 Å². The van der Waals surface area contributed by atoms with Crippen LogP contribution in [0.15, 0.2) is 18.2 Å². The van der Waals surface area contributed by atoms with Gasteiger partial charge in [-0.3, -0.25) is 0 Å². The van der Waals surface area contributed by atoms with E-state index in [1.807, 2.05) is 20.8 Å². The Kier molecular flexibility index (Phi) is 7.92. The first kappa shape index (κ1) is 20.3. The van der Waals surface area contributed by atoms with Gasteiger partial charge in [0.15, 0.2) is 0 Å². The van der Waals surface area contributed by atoms with E-state index < -0.39 is 27.3 Å². The summed E-state index contributed by atoms with van der Waals surface area (Å²) in [6.07, 6.45) is 0.518. The second kappa shape index (κ2) is 8.96. The molecule has 0 saturated heterocycles. The van der Waals surface area contributed by atoms with Crippen LogP contribution in [0.5, 0.6) is 0 Å². The van der Waals surface area contributed by atoms with Crippen LogP contribution in [0.25, 0.3) is 0 Å². The first-order chi connectivity index (χ1) is 10.6. The molecule has 0 radical (unpaired) electrons. The van der Waals surface area contributed by atoms with Crippen molar-refractivity contribution in [3.05, 3.63) is 33.8 Å². The van der Waals surface area contributed by atoms with Crippen LogP contribution in [0, 0.1) is 0 Å². The van der Waals surface area contributed by atoms with Crippen LogP contribution in [-0.2, 0) is 14.3 Å². The van der Waals surface area contributed by atoms with Gasteiger partial charge in [0.1, 0.15) is 0 Å². The molecule has 0 aliphatic rings. The van der Waals surface area contributed by atoms with Gasteiger partial charge in [-0.15, -0.1) is 0 Å². The van der Waals surface area contributed by atoms with Crippen LogP contribution >= 0.6 is 23.2 Å². The molecule has 0 fully saturated rings. The van der Waals surface area contributed by atoms with Crippen molar-refractivity contribution in [1.82, 2.24) is 0 Å². The van der Waals surface area contributed by atoms with Gasteiger partial charge in [0.2, 0.25) is 0 Å². The monoisotopic (exact) mass is 422 g/mol. The van der Waals surface area contributed by atoms with Gasteiger partial charge in [-0.1, -0.05) is 0 Å². The number of methoxy groups -OCH3 is 1. The molecule has 128 valence electrons.